The lowest BCUT2D eigenvalue weighted by Gasteiger charge is -2.18. The van der Waals surface area contributed by atoms with Crippen LogP contribution in [0.3, 0.4) is 0 Å². The summed E-state index contributed by atoms with van der Waals surface area (Å²) in [6.07, 6.45) is 1.82. The number of hydrogen-bond donors (Lipinski definition) is 0. The number of para-hydroxylation sites is 2. The maximum atomic E-state index is 13.8. The van der Waals surface area contributed by atoms with Crippen LogP contribution in [0.2, 0.25) is 0 Å². The zero-order valence-corrected chi connectivity index (χ0v) is 23.7. The topological polar surface area (TPSA) is 109 Å². The first-order chi connectivity index (χ1) is 19.2. The Balaban J connectivity index is 1.97. The summed E-state index contributed by atoms with van der Waals surface area (Å²) in [4.78, 5) is 29.9. The number of nitro benzene ring substituents is 1. The Hall–Kier alpha value is -4.53. The molecule has 0 aliphatic heterocycles. The lowest BCUT2D eigenvalue weighted by Crippen LogP contribution is -2.21. The molecule has 0 bridgehead atoms. The minimum atomic E-state index is -0.485. The van der Waals surface area contributed by atoms with E-state index < -0.39 is 4.92 Å². The SMILES string of the molecule is CCOc1cc(C)c(-c2nc3ccccc3c(=O)n2N=Cc2cccc([N+](=O)[O-])c2O[C@@H](C)CC)cc1C(C)C. The standard InChI is InChI=1S/C31H34N4O5/c1-7-21(6)40-29-22(12-11-15-27(29)35(37)38)18-32-34-30(33-26-14-10-9-13-23(26)31(34)36)25-17-24(19(3)4)28(39-8-2)16-20(25)5/h9-19,21H,7-8H2,1-6H3/t21-/m0/s1. The van der Waals surface area contributed by atoms with Crippen molar-refractivity contribution in [1.29, 1.82) is 0 Å². The normalized spacial score (nSPS) is 12.3. The van der Waals surface area contributed by atoms with Crippen LogP contribution in [0.25, 0.3) is 22.3 Å². The molecule has 0 aliphatic carbocycles. The van der Waals surface area contributed by atoms with Gasteiger partial charge in [0.2, 0.25) is 5.75 Å². The van der Waals surface area contributed by atoms with Gasteiger partial charge >= 0.3 is 5.69 Å². The average molecular weight is 543 g/mol. The predicted octanol–water partition coefficient (Wildman–Crippen LogP) is 6.86. The number of aromatic nitrogens is 2. The Kier molecular flexibility index (Phi) is 8.62. The van der Waals surface area contributed by atoms with Crippen LogP contribution in [0.5, 0.6) is 11.5 Å². The second kappa shape index (κ2) is 12.1. The van der Waals surface area contributed by atoms with Gasteiger partial charge in [-0.2, -0.15) is 9.78 Å². The van der Waals surface area contributed by atoms with Gasteiger partial charge in [-0.15, -0.1) is 0 Å². The van der Waals surface area contributed by atoms with Crippen molar-refractivity contribution in [3.63, 3.8) is 0 Å². The van der Waals surface area contributed by atoms with Crippen molar-refractivity contribution in [3.8, 4) is 22.9 Å². The first-order valence-electron chi connectivity index (χ1n) is 13.4. The van der Waals surface area contributed by atoms with Crippen molar-refractivity contribution in [2.75, 3.05) is 6.61 Å². The number of hydrogen-bond acceptors (Lipinski definition) is 7. The van der Waals surface area contributed by atoms with Crippen molar-refractivity contribution in [2.24, 2.45) is 5.10 Å². The van der Waals surface area contributed by atoms with E-state index in [-0.39, 0.29) is 29.0 Å². The second-order valence-electron chi connectivity index (χ2n) is 9.90. The quantitative estimate of drug-likeness (QED) is 0.123. The van der Waals surface area contributed by atoms with E-state index in [1.165, 1.54) is 17.0 Å². The van der Waals surface area contributed by atoms with Crippen LogP contribution in [0, 0.1) is 17.0 Å². The Morgan fingerprint density at radius 1 is 1.10 bits per heavy atom. The molecule has 0 unspecified atom stereocenters. The fourth-order valence-corrected chi connectivity index (χ4v) is 4.40. The van der Waals surface area contributed by atoms with Crippen molar-refractivity contribution < 1.29 is 14.4 Å². The zero-order valence-electron chi connectivity index (χ0n) is 23.7. The van der Waals surface area contributed by atoms with Gasteiger partial charge in [0.25, 0.3) is 5.56 Å². The minimum Gasteiger partial charge on any atom is -0.494 e. The minimum absolute atomic E-state index is 0.105. The molecule has 1 heterocycles. The molecule has 9 nitrogen and oxygen atoms in total. The van der Waals surface area contributed by atoms with Gasteiger partial charge in [-0.1, -0.05) is 39.0 Å². The van der Waals surface area contributed by atoms with Gasteiger partial charge in [-0.3, -0.25) is 14.9 Å². The Morgan fingerprint density at radius 2 is 1.85 bits per heavy atom. The van der Waals surface area contributed by atoms with Gasteiger partial charge in [0.05, 0.1) is 34.8 Å². The van der Waals surface area contributed by atoms with Crippen LogP contribution in [-0.4, -0.2) is 33.5 Å². The van der Waals surface area contributed by atoms with Crippen molar-refractivity contribution in [2.45, 2.75) is 60.0 Å². The summed E-state index contributed by atoms with van der Waals surface area (Å²) in [5.41, 5.74) is 3.00. The van der Waals surface area contributed by atoms with Crippen LogP contribution in [0.15, 0.2) is 64.5 Å². The van der Waals surface area contributed by atoms with Crippen LogP contribution < -0.4 is 15.0 Å². The van der Waals surface area contributed by atoms with Crippen LogP contribution in [-0.2, 0) is 0 Å². The number of aryl methyl sites for hydroxylation is 1. The highest BCUT2D eigenvalue weighted by Crippen LogP contribution is 2.35. The van der Waals surface area contributed by atoms with E-state index in [4.69, 9.17) is 14.5 Å². The third-order valence-electron chi connectivity index (χ3n) is 6.70. The summed E-state index contributed by atoms with van der Waals surface area (Å²) in [5, 5.41) is 16.7. The number of nitrogens with zero attached hydrogens (tertiary/aromatic N) is 4. The molecule has 4 rings (SSSR count). The molecule has 0 fully saturated rings. The molecule has 0 aliphatic rings. The van der Waals surface area contributed by atoms with Gasteiger partial charge in [-0.05, 0) is 74.6 Å². The highest BCUT2D eigenvalue weighted by molar-refractivity contribution is 5.86. The number of benzene rings is 3. The molecule has 0 N–H and O–H groups in total. The Labute approximate surface area is 233 Å². The van der Waals surface area contributed by atoms with E-state index >= 15 is 0 Å². The first-order valence-corrected chi connectivity index (χ1v) is 13.4. The van der Waals surface area contributed by atoms with Gasteiger partial charge in [0, 0.05) is 17.2 Å². The number of rotatable bonds is 10. The summed E-state index contributed by atoms with van der Waals surface area (Å²) < 4.78 is 13.1. The number of nitro groups is 1. The maximum Gasteiger partial charge on any atom is 0.311 e. The average Bonchev–Trinajstić information content (AvgIpc) is 2.93. The molecule has 1 atom stereocenters. The van der Waals surface area contributed by atoms with E-state index in [2.05, 4.69) is 18.9 Å². The third kappa shape index (κ3) is 5.73. The summed E-state index contributed by atoms with van der Waals surface area (Å²) in [6, 6.07) is 15.7. The Bertz CT molecular complexity index is 1640. The molecule has 0 saturated carbocycles. The van der Waals surface area contributed by atoms with Crippen LogP contribution in [0.1, 0.15) is 63.6 Å². The lowest BCUT2D eigenvalue weighted by molar-refractivity contribution is -0.386. The third-order valence-corrected chi connectivity index (χ3v) is 6.70. The number of fused-ring (bicyclic) bond motifs is 1. The van der Waals surface area contributed by atoms with Gasteiger partial charge in [-0.25, -0.2) is 4.98 Å². The molecular weight excluding hydrogens is 508 g/mol. The molecule has 9 heteroatoms. The van der Waals surface area contributed by atoms with E-state index in [0.717, 1.165) is 22.4 Å². The Morgan fingerprint density at radius 3 is 2.52 bits per heavy atom. The van der Waals surface area contributed by atoms with Crippen molar-refractivity contribution in [1.82, 2.24) is 9.66 Å². The smallest absolute Gasteiger partial charge is 0.311 e. The van der Waals surface area contributed by atoms with Gasteiger partial charge in [0.1, 0.15) is 5.75 Å². The fourth-order valence-electron chi connectivity index (χ4n) is 4.40. The largest absolute Gasteiger partial charge is 0.494 e. The molecule has 0 saturated heterocycles. The number of ether oxygens (including phenoxy) is 2. The van der Waals surface area contributed by atoms with Crippen molar-refractivity contribution in [3.05, 3.63) is 91.8 Å². The van der Waals surface area contributed by atoms with E-state index in [0.29, 0.717) is 35.3 Å². The lowest BCUT2D eigenvalue weighted by atomic mass is 9.96. The van der Waals surface area contributed by atoms with Crippen molar-refractivity contribution >= 4 is 22.8 Å². The van der Waals surface area contributed by atoms with Gasteiger partial charge < -0.3 is 9.47 Å². The van der Waals surface area contributed by atoms with Gasteiger partial charge in [0.15, 0.2) is 5.82 Å². The summed E-state index contributed by atoms with van der Waals surface area (Å²) in [6.45, 7) is 12.4. The molecule has 4 aromatic rings. The summed E-state index contributed by atoms with van der Waals surface area (Å²) in [5.74, 6) is 1.42. The van der Waals surface area contributed by atoms with Crippen LogP contribution in [0.4, 0.5) is 5.69 Å². The van der Waals surface area contributed by atoms with E-state index in [1.54, 1.807) is 30.3 Å². The predicted molar refractivity (Wildman–Crippen MR) is 158 cm³/mol. The molecule has 40 heavy (non-hydrogen) atoms. The molecule has 0 spiro atoms. The molecule has 0 radical (unpaired) electrons. The van der Waals surface area contributed by atoms with Crippen LogP contribution >= 0.6 is 0 Å². The monoisotopic (exact) mass is 542 g/mol. The highest BCUT2D eigenvalue weighted by atomic mass is 16.6. The first kappa shape index (κ1) is 28.5. The maximum absolute atomic E-state index is 13.8. The molecular formula is C31H34N4O5. The zero-order chi connectivity index (χ0) is 29.0. The van der Waals surface area contributed by atoms with E-state index in [9.17, 15) is 14.9 Å². The molecule has 208 valence electrons. The molecule has 3 aromatic carbocycles. The highest BCUT2D eigenvalue weighted by Gasteiger charge is 2.22. The molecule has 0 amide bonds. The summed E-state index contributed by atoms with van der Waals surface area (Å²) >= 11 is 0. The summed E-state index contributed by atoms with van der Waals surface area (Å²) in [7, 11) is 0. The van der Waals surface area contributed by atoms with E-state index in [1.807, 2.05) is 45.9 Å². The molecule has 1 aromatic heterocycles. The fraction of sp³-hybridized carbons (Fsp3) is 0.323. The second-order valence-corrected chi connectivity index (χ2v) is 9.90.